The number of halogens is 12. The van der Waals surface area contributed by atoms with Crippen LogP contribution in [0.1, 0.15) is 289 Å². The Kier molecular flexibility index (Phi) is 63.8. The summed E-state index contributed by atoms with van der Waals surface area (Å²) in [6.07, 6.45) is 37.4. The molecular formula is C81H108Br12N6O24. The Labute approximate surface area is 817 Å². The van der Waals surface area contributed by atoms with Gasteiger partial charge >= 0.3 is 35.8 Å². The molecule has 0 radical (unpaired) electrons. The molecule has 30 nitrogen and oxygen atoms in total. The average molecular weight is 2510 g/mol. The summed E-state index contributed by atoms with van der Waals surface area (Å²) in [6, 6.07) is 0. The van der Waals surface area contributed by atoms with E-state index in [0.29, 0.717) is 91.8 Å². The summed E-state index contributed by atoms with van der Waals surface area (Å²) in [7, 11) is 0. The van der Waals surface area contributed by atoms with Crippen LogP contribution in [0.4, 0.5) is 0 Å². The number of carboxylic acid groups (broad SMARTS) is 6. The maximum atomic E-state index is 11.8. The lowest BCUT2D eigenvalue weighted by atomic mass is 10.1. The third kappa shape index (κ3) is 46.3. The molecule has 6 aliphatic heterocycles. The van der Waals surface area contributed by atoms with E-state index in [0.717, 1.165) is 225 Å². The lowest BCUT2D eigenvalue weighted by Crippen LogP contribution is -2.32. The number of carbonyl (C=O) groups is 18. The topological polar surface area (TPSA) is 448 Å². The van der Waals surface area contributed by atoms with Crippen LogP contribution in [0.15, 0.2) is 53.8 Å². The molecule has 0 aromatic rings. The fourth-order valence-corrected chi connectivity index (χ4v) is 17.0. The number of amides is 12. The van der Waals surface area contributed by atoms with Crippen molar-refractivity contribution in [1.82, 2.24) is 29.4 Å². The van der Waals surface area contributed by atoms with E-state index in [1.54, 1.807) is 0 Å². The van der Waals surface area contributed by atoms with Crippen LogP contribution >= 0.6 is 191 Å². The Morgan fingerprint density at radius 2 is 0.220 bits per heavy atom. The van der Waals surface area contributed by atoms with Crippen LogP contribution < -0.4 is 0 Å². The zero-order valence-electron chi connectivity index (χ0n) is 68.3. The van der Waals surface area contributed by atoms with E-state index >= 15 is 0 Å². The van der Waals surface area contributed by atoms with Crippen LogP contribution in [-0.4, -0.2) is 206 Å². The summed E-state index contributed by atoms with van der Waals surface area (Å²) in [5, 5.41) is 51.0. The minimum atomic E-state index is -0.794. The van der Waals surface area contributed by atoms with Gasteiger partial charge in [0.25, 0.3) is 70.9 Å². The molecule has 0 saturated carbocycles. The molecule has 0 bridgehead atoms. The van der Waals surface area contributed by atoms with E-state index in [1.807, 2.05) is 0 Å². The van der Waals surface area contributed by atoms with E-state index < -0.39 is 35.8 Å². The van der Waals surface area contributed by atoms with Crippen molar-refractivity contribution in [3.63, 3.8) is 0 Å². The van der Waals surface area contributed by atoms with Gasteiger partial charge in [0, 0.05) is 77.8 Å². The maximum absolute atomic E-state index is 11.8. The first-order valence-electron chi connectivity index (χ1n) is 41.0. The quantitative estimate of drug-likeness (QED) is 0.0243. The molecule has 6 rings (SSSR count). The molecule has 0 saturated heterocycles. The Balaban J connectivity index is 0.000000739. The number of rotatable bonds is 57. The molecule has 0 unspecified atom stereocenters. The predicted molar refractivity (Wildman–Crippen MR) is 503 cm³/mol. The molecule has 0 aliphatic carbocycles. The normalized spacial score (nSPS) is 15.3. The SMILES string of the molecule is O=C(O)CCCCCCCCCCCN1C(=O)C(Br)=C(Br)C1=O.O=C(O)CCCCCCCCCCN1C(=O)C(Br)=C(Br)C1=O.O=C(O)CCCCCCCCCN1C(=O)C(Br)=C(Br)C1=O.O=C(O)CCCCCCCCN1C(=O)C(Br)=C(Br)C1=O.O=C(O)CCCCCCCN1C(=O)C(Br)=C(Br)C1=O.O=C(O)CCCCCCN1C(=O)C(Br)=C(Br)C1=O. The summed E-state index contributed by atoms with van der Waals surface area (Å²) >= 11 is 37.1. The fraction of sp³-hybridized carbons (Fsp3) is 0.630. The van der Waals surface area contributed by atoms with E-state index in [4.69, 9.17) is 30.6 Å². The van der Waals surface area contributed by atoms with Crippen molar-refractivity contribution in [2.45, 2.75) is 289 Å². The molecule has 690 valence electrons. The van der Waals surface area contributed by atoms with Crippen molar-refractivity contribution < 1.29 is 117 Å². The van der Waals surface area contributed by atoms with E-state index in [1.165, 1.54) is 29.4 Å². The molecule has 0 fully saturated rings. The molecule has 0 spiro atoms. The smallest absolute Gasteiger partial charge is 0.303 e. The number of hydrogen-bond donors (Lipinski definition) is 6. The number of imide groups is 6. The van der Waals surface area contributed by atoms with Crippen LogP contribution in [0.2, 0.25) is 0 Å². The van der Waals surface area contributed by atoms with Gasteiger partial charge in [-0.25, -0.2) is 0 Å². The minimum Gasteiger partial charge on any atom is -0.481 e. The summed E-state index contributed by atoms with van der Waals surface area (Å²) in [5.41, 5.74) is 0. The highest BCUT2D eigenvalue weighted by Gasteiger charge is 2.40. The van der Waals surface area contributed by atoms with Crippen molar-refractivity contribution in [3.05, 3.63) is 53.8 Å². The number of nitrogens with zero attached hydrogens (tertiary/aromatic N) is 6. The molecule has 123 heavy (non-hydrogen) atoms. The Hall–Kier alpha value is -4.14. The van der Waals surface area contributed by atoms with Crippen LogP contribution in [0, 0.1) is 0 Å². The van der Waals surface area contributed by atoms with Gasteiger partial charge in [0.15, 0.2) is 0 Å². The van der Waals surface area contributed by atoms with Gasteiger partial charge in [0.2, 0.25) is 0 Å². The highest BCUT2D eigenvalue weighted by molar-refractivity contribution is 9.16. The monoisotopic (exact) mass is 2500 g/mol. The number of carboxylic acids is 6. The minimum absolute atomic E-state index is 0.167. The van der Waals surface area contributed by atoms with E-state index in [-0.39, 0.29) is 136 Å². The van der Waals surface area contributed by atoms with Gasteiger partial charge in [-0.2, -0.15) is 0 Å². The maximum Gasteiger partial charge on any atom is 0.303 e. The van der Waals surface area contributed by atoms with Crippen molar-refractivity contribution >= 4 is 298 Å². The Morgan fingerprint density at radius 1 is 0.146 bits per heavy atom. The van der Waals surface area contributed by atoms with Crippen LogP contribution in [0.25, 0.3) is 0 Å². The first kappa shape index (κ1) is 117. The summed E-state index contributed by atoms with van der Waals surface area (Å²) in [6.45, 7) is 2.57. The van der Waals surface area contributed by atoms with Gasteiger partial charge in [0.1, 0.15) is 53.8 Å². The molecule has 42 heteroatoms. The zero-order valence-corrected chi connectivity index (χ0v) is 87.3. The van der Waals surface area contributed by atoms with Gasteiger partial charge in [-0.3, -0.25) is 116 Å². The molecule has 0 aromatic heterocycles. The summed E-state index contributed by atoms with van der Waals surface area (Å²) in [4.78, 5) is 210. The third-order valence-corrected chi connectivity index (χ3v) is 31.3. The molecular weight excluding hydrogens is 2400 g/mol. The number of hydrogen-bond acceptors (Lipinski definition) is 18. The average Bonchev–Trinajstić information content (AvgIpc) is 1.72. The molecule has 6 heterocycles. The first-order valence-corrected chi connectivity index (χ1v) is 50.5. The molecule has 12 amide bonds. The number of carbonyl (C=O) groups excluding carboxylic acids is 12. The summed E-state index contributed by atoms with van der Waals surface area (Å²) < 4.78 is 3.48. The lowest BCUT2D eigenvalue weighted by molar-refractivity contribution is -0.138. The standard InChI is InChI=1S/C16H23Br2NO4.C15H21Br2NO4.C14H19Br2NO4.C13H17Br2NO4.C12H15Br2NO4.C11H13Br2NO4/c17-13-14(18)16(23)19(15(13)22)11-9-7-5-3-1-2-4-6-8-10-12(20)21;16-12-13(17)15(22)18(14(12)21)10-8-6-4-2-1-3-5-7-9-11(19)20;15-11-12(16)14(21)17(13(11)20)9-7-5-3-1-2-4-6-8-10(18)19;14-10-11(15)13(20)16(12(10)19)8-6-4-2-1-3-5-7-9(17)18;13-9-10(14)12(19)15(11(9)18)7-5-3-1-2-4-6-8(16)17;12-8-9(13)11(18)14(10(8)17)6-4-2-1-3-5-7(15)16/h1-11H2,(H,20,21);1-10H2,(H,19,20);1-9H2,(H,18,19);1-8H2,(H,17,18);1-7H2,(H,16,17);1-6H2,(H,15,16). The van der Waals surface area contributed by atoms with Gasteiger partial charge in [-0.15, -0.1) is 0 Å². The molecule has 0 atom stereocenters. The molecule has 0 aromatic carbocycles. The largest absolute Gasteiger partial charge is 0.481 e. The third-order valence-electron chi connectivity index (χ3n) is 19.2. The Bertz CT molecular complexity index is 3760. The highest BCUT2D eigenvalue weighted by atomic mass is 79.9. The van der Waals surface area contributed by atoms with Crippen LogP contribution in [-0.2, 0) is 86.3 Å². The van der Waals surface area contributed by atoms with Crippen molar-refractivity contribution in [1.29, 1.82) is 0 Å². The predicted octanol–water partition coefficient (Wildman–Crippen LogP) is 20.2. The first-order chi connectivity index (χ1) is 58.2. The second kappa shape index (κ2) is 67.1. The van der Waals surface area contributed by atoms with Crippen molar-refractivity contribution in [3.8, 4) is 0 Å². The van der Waals surface area contributed by atoms with Crippen LogP contribution in [0.5, 0.6) is 0 Å². The number of aliphatic carboxylic acids is 6. The van der Waals surface area contributed by atoms with Gasteiger partial charge in [-0.05, 0) is 268 Å². The van der Waals surface area contributed by atoms with Crippen molar-refractivity contribution in [2.24, 2.45) is 0 Å². The van der Waals surface area contributed by atoms with Crippen LogP contribution in [0.3, 0.4) is 0 Å². The molecule has 6 N–H and O–H groups in total. The Morgan fingerprint density at radius 3 is 0.301 bits per heavy atom. The zero-order chi connectivity index (χ0) is 92.8. The lowest BCUT2D eigenvalue weighted by Gasteiger charge is -2.13. The molecule has 6 aliphatic rings. The second-order valence-electron chi connectivity index (χ2n) is 29.0. The van der Waals surface area contributed by atoms with Crippen molar-refractivity contribution in [2.75, 3.05) is 39.3 Å². The number of unbranched alkanes of at least 4 members (excludes halogenated alkanes) is 33. The van der Waals surface area contributed by atoms with E-state index in [9.17, 15) is 86.3 Å². The van der Waals surface area contributed by atoms with Gasteiger partial charge in [0.05, 0.1) is 0 Å². The van der Waals surface area contributed by atoms with Gasteiger partial charge in [-0.1, -0.05) is 173 Å². The highest BCUT2D eigenvalue weighted by Crippen LogP contribution is 2.35. The second-order valence-corrected chi connectivity index (χ2v) is 38.5. The summed E-state index contributed by atoms with van der Waals surface area (Å²) in [5.74, 6) is -7.93. The van der Waals surface area contributed by atoms with Gasteiger partial charge < -0.3 is 30.6 Å². The van der Waals surface area contributed by atoms with E-state index in [2.05, 4.69) is 191 Å². The fourth-order valence-electron chi connectivity index (χ4n) is 12.4.